The summed E-state index contributed by atoms with van der Waals surface area (Å²) in [5, 5.41) is 9.55. The molecule has 3 nitrogen and oxygen atoms in total. The van der Waals surface area contributed by atoms with Crippen molar-refractivity contribution in [2.24, 2.45) is 0 Å². The summed E-state index contributed by atoms with van der Waals surface area (Å²) in [5.41, 5.74) is 5.07. The molecule has 1 aromatic carbocycles. The first-order chi connectivity index (χ1) is 9.58. The van der Waals surface area contributed by atoms with Crippen molar-refractivity contribution in [3.8, 4) is 11.1 Å². The summed E-state index contributed by atoms with van der Waals surface area (Å²) >= 11 is 0. The number of rotatable bonds is 2. The van der Waals surface area contributed by atoms with Crippen LogP contribution in [-0.2, 0) is 0 Å². The van der Waals surface area contributed by atoms with Crippen molar-refractivity contribution in [1.82, 2.24) is 4.40 Å². The molecule has 3 aromatic rings. The molecular weight excluding hydrogens is 250 g/mol. The number of carbonyl (C=O) groups is 1. The van der Waals surface area contributed by atoms with Gasteiger partial charge in [0.05, 0.1) is 11.1 Å². The summed E-state index contributed by atoms with van der Waals surface area (Å²) in [7, 11) is 0. The second-order valence-electron chi connectivity index (χ2n) is 5.03. The summed E-state index contributed by atoms with van der Waals surface area (Å²) in [6.45, 7) is 4.04. The molecule has 0 saturated heterocycles. The lowest BCUT2D eigenvalue weighted by Crippen LogP contribution is -1.98. The molecule has 0 saturated carbocycles. The maximum absolute atomic E-state index is 11.6. The molecule has 1 N–H and O–H groups in total. The number of aromatic nitrogens is 1. The summed E-state index contributed by atoms with van der Waals surface area (Å²) in [4.78, 5) is 11.6. The minimum atomic E-state index is -0.895. The van der Waals surface area contributed by atoms with E-state index in [0.717, 1.165) is 22.2 Å². The van der Waals surface area contributed by atoms with Gasteiger partial charge in [0.25, 0.3) is 0 Å². The SMILES string of the molecule is Cc1ccc(-c2cn3ccccc3c2C(=O)O)c(C)c1. The van der Waals surface area contributed by atoms with Crippen LogP contribution in [0.1, 0.15) is 21.5 Å². The zero-order chi connectivity index (χ0) is 14.3. The van der Waals surface area contributed by atoms with E-state index < -0.39 is 5.97 Å². The molecule has 2 aromatic heterocycles. The van der Waals surface area contributed by atoms with Crippen molar-refractivity contribution >= 4 is 11.5 Å². The highest BCUT2D eigenvalue weighted by Crippen LogP contribution is 2.31. The fraction of sp³-hybridized carbons (Fsp3) is 0.118. The molecule has 0 amide bonds. The first-order valence-electron chi connectivity index (χ1n) is 6.48. The molecule has 0 bridgehead atoms. The first-order valence-corrected chi connectivity index (χ1v) is 6.48. The van der Waals surface area contributed by atoms with E-state index in [-0.39, 0.29) is 0 Å². The zero-order valence-corrected chi connectivity index (χ0v) is 11.4. The Morgan fingerprint density at radius 1 is 1.10 bits per heavy atom. The molecule has 2 heterocycles. The Morgan fingerprint density at radius 2 is 1.90 bits per heavy atom. The van der Waals surface area contributed by atoms with E-state index in [1.807, 2.05) is 61.0 Å². The highest BCUT2D eigenvalue weighted by molar-refractivity contribution is 6.04. The number of aryl methyl sites for hydroxylation is 2. The molecule has 0 unspecified atom stereocenters. The number of pyridine rings is 1. The molecule has 20 heavy (non-hydrogen) atoms. The lowest BCUT2D eigenvalue weighted by Gasteiger charge is -2.06. The number of benzene rings is 1. The Labute approximate surface area is 117 Å². The Kier molecular flexibility index (Phi) is 2.83. The van der Waals surface area contributed by atoms with Crippen LogP contribution < -0.4 is 0 Å². The molecule has 0 spiro atoms. The monoisotopic (exact) mass is 265 g/mol. The maximum atomic E-state index is 11.6. The molecule has 3 rings (SSSR count). The molecule has 3 heteroatoms. The van der Waals surface area contributed by atoms with E-state index in [9.17, 15) is 9.90 Å². The third-order valence-corrected chi connectivity index (χ3v) is 3.57. The van der Waals surface area contributed by atoms with E-state index in [1.54, 1.807) is 0 Å². The number of fused-ring (bicyclic) bond motifs is 1. The second-order valence-corrected chi connectivity index (χ2v) is 5.03. The second kappa shape index (κ2) is 4.53. The fourth-order valence-electron chi connectivity index (χ4n) is 2.67. The highest BCUT2D eigenvalue weighted by atomic mass is 16.4. The average molecular weight is 265 g/mol. The van der Waals surface area contributed by atoms with Crippen LogP contribution in [0.2, 0.25) is 0 Å². The predicted octanol–water partition coefficient (Wildman–Crippen LogP) is 3.92. The van der Waals surface area contributed by atoms with Crippen LogP contribution in [0.15, 0.2) is 48.8 Å². The van der Waals surface area contributed by atoms with Gasteiger partial charge in [-0.25, -0.2) is 4.79 Å². The van der Waals surface area contributed by atoms with Crippen LogP contribution in [0.25, 0.3) is 16.6 Å². The topological polar surface area (TPSA) is 41.7 Å². The summed E-state index contributed by atoms with van der Waals surface area (Å²) in [5.74, 6) is -0.895. The van der Waals surface area contributed by atoms with E-state index in [4.69, 9.17) is 0 Å². The van der Waals surface area contributed by atoms with Crippen molar-refractivity contribution in [3.05, 3.63) is 65.5 Å². The van der Waals surface area contributed by atoms with Crippen molar-refractivity contribution in [1.29, 1.82) is 0 Å². The van der Waals surface area contributed by atoms with Crippen LogP contribution in [-0.4, -0.2) is 15.5 Å². The lowest BCUT2D eigenvalue weighted by molar-refractivity contribution is 0.0700. The van der Waals surface area contributed by atoms with Gasteiger partial charge in [-0.15, -0.1) is 0 Å². The van der Waals surface area contributed by atoms with Gasteiger partial charge in [-0.3, -0.25) is 0 Å². The van der Waals surface area contributed by atoms with Crippen molar-refractivity contribution in [3.63, 3.8) is 0 Å². The van der Waals surface area contributed by atoms with Gasteiger partial charge in [0.2, 0.25) is 0 Å². The molecule has 100 valence electrons. The van der Waals surface area contributed by atoms with Crippen molar-refractivity contribution < 1.29 is 9.90 Å². The minimum Gasteiger partial charge on any atom is -0.478 e. The normalized spacial score (nSPS) is 10.9. The third-order valence-electron chi connectivity index (χ3n) is 3.57. The Bertz CT molecular complexity index is 815. The van der Waals surface area contributed by atoms with Crippen molar-refractivity contribution in [2.45, 2.75) is 13.8 Å². The molecule has 0 fully saturated rings. The van der Waals surface area contributed by atoms with E-state index >= 15 is 0 Å². The molecule has 0 aliphatic heterocycles. The van der Waals surface area contributed by atoms with Gasteiger partial charge >= 0.3 is 5.97 Å². The van der Waals surface area contributed by atoms with Gasteiger partial charge in [-0.1, -0.05) is 29.8 Å². The van der Waals surface area contributed by atoms with Crippen molar-refractivity contribution in [2.75, 3.05) is 0 Å². The zero-order valence-electron chi connectivity index (χ0n) is 11.4. The van der Waals surface area contributed by atoms with Crippen LogP contribution in [0.5, 0.6) is 0 Å². The molecular formula is C17H15NO2. The number of carboxylic acids is 1. The number of hydrogen-bond acceptors (Lipinski definition) is 1. The van der Waals surface area contributed by atoms with Crippen LogP contribution in [0, 0.1) is 13.8 Å². The average Bonchev–Trinajstić information content (AvgIpc) is 2.77. The van der Waals surface area contributed by atoms with Gasteiger partial charge < -0.3 is 9.51 Å². The van der Waals surface area contributed by atoms with E-state index in [2.05, 4.69) is 6.07 Å². The van der Waals surface area contributed by atoms with Gasteiger partial charge in [-0.05, 0) is 37.1 Å². The van der Waals surface area contributed by atoms with Gasteiger partial charge in [0.1, 0.15) is 0 Å². The predicted molar refractivity (Wildman–Crippen MR) is 79.3 cm³/mol. The van der Waals surface area contributed by atoms with Gasteiger partial charge in [-0.2, -0.15) is 0 Å². The van der Waals surface area contributed by atoms with Crippen LogP contribution in [0.3, 0.4) is 0 Å². The molecule has 0 radical (unpaired) electrons. The van der Waals surface area contributed by atoms with E-state index in [1.165, 1.54) is 5.56 Å². The van der Waals surface area contributed by atoms with Gasteiger partial charge in [0.15, 0.2) is 0 Å². The van der Waals surface area contributed by atoms with E-state index in [0.29, 0.717) is 5.56 Å². The number of nitrogens with zero attached hydrogens (tertiary/aromatic N) is 1. The largest absolute Gasteiger partial charge is 0.478 e. The quantitative estimate of drug-likeness (QED) is 0.763. The van der Waals surface area contributed by atoms with Crippen LogP contribution >= 0.6 is 0 Å². The Hall–Kier alpha value is -2.55. The molecule has 0 atom stereocenters. The smallest absolute Gasteiger partial charge is 0.338 e. The standard InChI is InChI=1S/C17H15NO2/c1-11-6-7-13(12(2)9-11)14-10-18-8-4-3-5-15(18)16(14)17(19)20/h3-10H,1-2H3,(H,19,20). The highest BCUT2D eigenvalue weighted by Gasteiger charge is 2.19. The summed E-state index contributed by atoms with van der Waals surface area (Å²) < 4.78 is 1.86. The molecule has 0 aliphatic carbocycles. The summed E-state index contributed by atoms with van der Waals surface area (Å²) in [6, 6.07) is 11.7. The Balaban J connectivity index is 2.35. The maximum Gasteiger partial charge on any atom is 0.338 e. The minimum absolute atomic E-state index is 0.359. The lowest BCUT2D eigenvalue weighted by atomic mass is 9.97. The number of hydrogen-bond donors (Lipinski definition) is 1. The van der Waals surface area contributed by atoms with Crippen LogP contribution in [0.4, 0.5) is 0 Å². The Morgan fingerprint density at radius 3 is 2.60 bits per heavy atom. The van der Waals surface area contributed by atoms with Gasteiger partial charge in [0, 0.05) is 18.0 Å². The first kappa shape index (κ1) is 12.5. The molecule has 0 aliphatic rings. The number of carboxylic acid groups (broad SMARTS) is 1. The number of aromatic carboxylic acids is 1. The third kappa shape index (κ3) is 1.88. The summed E-state index contributed by atoms with van der Waals surface area (Å²) in [6.07, 6.45) is 3.76. The fourth-order valence-corrected chi connectivity index (χ4v) is 2.67.